The largest absolute Gasteiger partial charge is 0.497 e. The van der Waals surface area contributed by atoms with Crippen molar-refractivity contribution in [3.63, 3.8) is 0 Å². The van der Waals surface area contributed by atoms with E-state index in [1.807, 2.05) is 12.1 Å². The highest BCUT2D eigenvalue weighted by atomic mass is 35.5. The van der Waals surface area contributed by atoms with E-state index in [9.17, 15) is 13.2 Å². The van der Waals surface area contributed by atoms with Crippen LogP contribution in [0, 0.1) is 5.92 Å². The van der Waals surface area contributed by atoms with Gasteiger partial charge in [0, 0.05) is 13.1 Å². The van der Waals surface area contributed by atoms with Gasteiger partial charge < -0.3 is 14.8 Å². The summed E-state index contributed by atoms with van der Waals surface area (Å²) in [5, 5.41) is 3.33. The van der Waals surface area contributed by atoms with E-state index in [4.69, 9.17) is 21.1 Å². The molecule has 162 valence electrons. The summed E-state index contributed by atoms with van der Waals surface area (Å²) >= 11 is 6.03. The first-order valence-corrected chi connectivity index (χ1v) is 11.5. The monoisotopic (exact) mass is 452 g/mol. The number of benzene rings is 2. The number of carbonyl (C=O) groups is 1. The highest BCUT2D eigenvalue weighted by Crippen LogP contribution is 2.25. The molecular weight excluding hydrogens is 428 g/mol. The Balaban J connectivity index is 1.53. The molecule has 1 aliphatic rings. The van der Waals surface area contributed by atoms with Crippen LogP contribution in [0.15, 0.2) is 53.4 Å². The van der Waals surface area contributed by atoms with Crippen LogP contribution in [0.4, 0.5) is 0 Å². The second-order valence-corrected chi connectivity index (χ2v) is 9.29. The Morgan fingerprint density at radius 1 is 1.20 bits per heavy atom. The van der Waals surface area contributed by atoms with Gasteiger partial charge in [0.25, 0.3) is 0 Å². The number of nitrogens with one attached hydrogen (secondary N) is 1. The molecule has 1 atom stereocenters. The zero-order chi connectivity index (χ0) is 21.6. The molecule has 2 aromatic rings. The van der Waals surface area contributed by atoms with Gasteiger partial charge in [0.2, 0.25) is 15.9 Å². The van der Waals surface area contributed by atoms with E-state index >= 15 is 0 Å². The molecule has 0 aliphatic carbocycles. The first-order chi connectivity index (χ1) is 14.4. The number of para-hydroxylation sites is 1. The zero-order valence-corrected chi connectivity index (χ0v) is 18.3. The molecule has 3 rings (SSSR count). The van der Waals surface area contributed by atoms with Crippen LogP contribution >= 0.6 is 11.6 Å². The molecule has 30 heavy (non-hydrogen) atoms. The van der Waals surface area contributed by atoms with Gasteiger partial charge in [0.15, 0.2) is 0 Å². The van der Waals surface area contributed by atoms with Crippen molar-refractivity contribution in [2.75, 3.05) is 33.4 Å². The fourth-order valence-electron chi connectivity index (χ4n) is 3.31. The van der Waals surface area contributed by atoms with Crippen molar-refractivity contribution in [1.29, 1.82) is 0 Å². The number of nitrogens with zero attached hydrogens (tertiary/aromatic N) is 1. The summed E-state index contributed by atoms with van der Waals surface area (Å²) < 4.78 is 37.9. The number of amides is 1. The molecule has 1 aliphatic heterocycles. The Kier molecular flexibility index (Phi) is 7.58. The number of hydrogen-bond donors (Lipinski definition) is 1. The lowest BCUT2D eigenvalue weighted by atomic mass is 9.99. The molecule has 0 spiro atoms. The summed E-state index contributed by atoms with van der Waals surface area (Å²) in [5.41, 5.74) is 0. The van der Waals surface area contributed by atoms with Gasteiger partial charge in [0.05, 0.1) is 29.5 Å². The number of piperidine rings is 1. The van der Waals surface area contributed by atoms with E-state index in [2.05, 4.69) is 5.32 Å². The average Bonchev–Trinajstić information content (AvgIpc) is 2.77. The SMILES string of the molecule is COc1ccc(S(=O)(=O)N2CCCC(C(=O)NCCOc3ccccc3Cl)C2)cc1. The fraction of sp³-hybridized carbons (Fsp3) is 0.381. The molecule has 1 heterocycles. The molecule has 2 aromatic carbocycles. The predicted molar refractivity (Wildman–Crippen MR) is 114 cm³/mol. The zero-order valence-electron chi connectivity index (χ0n) is 16.7. The Morgan fingerprint density at radius 2 is 1.93 bits per heavy atom. The fourth-order valence-corrected chi connectivity index (χ4v) is 5.03. The summed E-state index contributed by atoms with van der Waals surface area (Å²) in [6.45, 7) is 1.14. The summed E-state index contributed by atoms with van der Waals surface area (Å²) in [6.07, 6.45) is 1.27. The van der Waals surface area contributed by atoms with Gasteiger partial charge in [-0.05, 0) is 49.2 Å². The lowest BCUT2D eigenvalue weighted by Crippen LogP contribution is -2.45. The Bertz CT molecular complexity index is 966. The molecule has 0 saturated carbocycles. The quantitative estimate of drug-likeness (QED) is 0.622. The maximum atomic E-state index is 12.9. The highest BCUT2D eigenvalue weighted by molar-refractivity contribution is 7.89. The van der Waals surface area contributed by atoms with Crippen molar-refractivity contribution in [2.24, 2.45) is 5.92 Å². The Labute approximate surface area is 182 Å². The van der Waals surface area contributed by atoms with Gasteiger partial charge in [0.1, 0.15) is 18.1 Å². The molecule has 1 fully saturated rings. The van der Waals surface area contributed by atoms with Crippen LogP contribution in [-0.2, 0) is 14.8 Å². The van der Waals surface area contributed by atoms with Crippen LogP contribution in [0.3, 0.4) is 0 Å². The second-order valence-electron chi connectivity index (χ2n) is 6.95. The van der Waals surface area contributed by atoms with Crippen LogP contribution in [0.5, 0.6) is 11.5 Å². The van der Waals surface area contributed by atoms with Crippen molar-refractivity contribution < 1.29 is 22.7 Å². The standard InChI is InChI=1S/C21H25ClN2O5S/c1-28-17-8-10-18(11-9-17)30(26,27)24-13-4-5-16(15-24)21(25)23-12-14-29-20-7-3-2-6-19(20)22/h2-3,6-11,16H,4-5,12-15H2,1H3,(H,23,25). The molecule has 9 heteroatoms. The normalized spacial score (nSPS) is 17.3. The van der Waals surface area contributed by atoms with Gasteiger partial charge in [-0.3, -0.25) is 4.79 Å². The van der Waals surface area contributed by atoms with Crippen molar-refractivity contribution >= 4 is 27.5 Å². The van der Waals surface area contributed by atoms with Crippen LogP contribution in [0.2, 0.25) is 5.02 Å². The minimum atomic E-state index is -3.66. The Morgan fingerprint density at radius 3 is 2.63 bits per heavy atom. The minimum Gasteiger partial charge on any atom is -0.497 e. The van der Waals surface area contributed by atoms with Crippen LogP contribution in [-0.4, -0.2) is 52.0 Å². The van der Waals surface area contributed by atoms with E-state index in [0.717, 1.165) is 0 Å². The lowest BCUT2D eigenvalue weighted by molar-refractivity contribution is -0.126. The van der Waals surface area contributed by atoms with Crippen molar-refractivity contribution in [1.82, 2.24) is 9.62 Å². The molecule has 0 aromatic heterocycles. The van der Waals surface area contributed by atoms with E-state index in [1.165, 1.54) is 23.5 Å². The third-order valence-electron chi connectivity index (χ3n) is 4.95. The number of ether oxygens (including phenoxy) is 2. The van der Waals surface area contributed by atoms with Crippen LogP contribution in [0.1, 0.15) is 12.8 Å². The van der Waals surface area contributed by atoms with Crippen molar-refractivity contribution in [3.8, 4) is 11.5 Å². The van der Waals surface area contributed by atoms with Gasteiger partial charge >= 0.3 is 0 Å². The minimum absolute atomic E-state index is 0.158. The third kappa shape index (κ3) is 5.44. The first-order valence-electron chi connectivity index (χ1n) is 9.71. The molecule has 1 unspecified atom stereocenters. The number of halogens is 1. The molecule has 1 amide bonds. The maximum absolute atomic E-state index is 12.9. The second kappa shape index (κ2) is 10.1. The Hall–Kier alpha value is -2.29. The molecule has 0 radical (unpaired) electrons. The van der Waals surface area contributed by atoms with E-state index in [-0.39, 0.29) is 24.0 Å². The van der Waals surface area contributed by atoms with Crippen molar-refractivity contribution in [2.45, 2.75) is 17.7 Å². The number of carbonyl (C=O) groups excluding carboxylic acids is 1. The molecule has 1 N–H and O–H groups in total. The maximum Gasteiger partial charge on any atom is 0.243 e. The van der Waals surface area contributed by atoms with Crippen LogP contribution < -0.4 is 14.8 Å². The van der Waals surface area contributed by atoms with Crippen LogP contribution in [0.25, 0.3) is 0 Å². The van der Waals surface area contributed by atoms with E-state index in [1.54, 1.807) is 24.3 Å². The summed E-state index contributed by atoms with van der Waals surface area (Å²) in [5.74, 6) is 0.575. The predicted octanol–water partition coefficient (Wildman–Crippen LogP) is 2.94. The van der Waals surface area contributed by atoms with E-state index in [0.29, 0.717) is 42.5 Å². The van der Waals surface area contributed by atoms with Gasteiger partial charge in [-0.15, -0.1) is 0 Å². The van der Waals surface area contributed by atoms with Gasteiger partial charge in [-0.2, -0.15) is 4.31 Å². The number of hydrogen-bond acceptors (Lipinski definition) is 5. The summed E-state index contributed by atoms with van der Waals surface area (Å²) in [6, 6.07) is 13.4. The summed E-state index contributed by atoms with van der Waals surface area (Å²) in [7, 11) is -2.14. The number of sulfonamides is 1. The highest BCUT2D eigenvalue weighted by Gasteiger charge is 2.33. The number of rotatable bonds is 8. The molecule has 0 bridgehead atoms. The first kappa shape index (κ1) is 22.4. The van der Waals surface area contributed by atoms with Crippen molar-refractivity contribution in [3.05, 3.63) is 53.6 Å². The average molecular weight is 453 g/mol. The third-order valence-corrected chi connectivity index (χ3v) is 7.14. The van der Waals surface area contributed by atoms with E-state index < -0.39 is 15.9 Å². The summed E-state index contributed by atoms with van der Waals surface area (Å²) in [4.78, 5) is 12.7. The smallest absolute Gasteiger partial charge is 0.243 e. The lowest BCUT2D eigenvalue weighted by Gasteiger charge is -2.31. The molecule has 1 saturated heterocycles. The van der Waals surface area contributed by atoms with Gasteiger partial charge in [-0.25, -0.2) is 8.42 Å². The molecular formula is C21H25ClN2O5S. The number of methoxy groups -OCH3 is 1. The van der Waals surface area contributed by atoms with Gasteiger partial charge in [-0.1, -0.05) is 23.7 Å². The topological polar surface area (TPSA) is 84.9 Å². The molecule has 7 nitrogen and oxygen atoms in total.